The molecule has 4 aromatic carbocycles. The molecule has 5 aromatic rings. The summed E-state index contributed by atoms with van der Waals surface area (Å²) in [5.74, 6) is 0.595. The number of hydrogen-bond donors (Lipinski definition) is 1. The molecule has 1 aromatic heterocycles. The molecule has 1 amide bonds. The van der Waals surface area contributed by atoms with Gasteiger partial charge in [0.2, 0.25) is 15.7 Å². The molecule has 226 valence electrons. The first-order chi connectivity index (χ1) is 21.5. The van der Waals surface area contributed by atoms with Gasteiger partial charge in [-0.05, 0) is 84.6 Å². The molecule has 0 saturated carbocycles. The van der Waals surface area contributed by atoms with Crippen molar-refractivity contribution >= 4 is 62.0 Å². The van der Waals surface area contributed by atoms with Gasteiger partial charge in [-0.1, -0.05) is 67.4 Å². The van der Waals surface area contributed by atoms with Crippen LogP contribution in [-0.2, 0) is 14.6 Å². The number of sulfone groups is 1. The SMILES string of the molecule is Cc1nn(-c2ccc(S(=O)(=O)c3ccc(C(C)C)cc3)cc2)c2c1C(c1ccc(Cl)c(Cl)c1)N1C(=N2)C(=O)Nc2ccccc21. The molecule has 11 heteroatoms. The van der Waals surface area contributed by atoms with Gasteiger partial charge < -0.3 is 10.2 Å². The van der Waals surface area contributed by atoms with Gasteiger partial charge in [-0.15, -0.1) is 0 Å². The standard InChI is InChI=1S/C34H27Cl2N5O3S/c1-19(2)21-8-13-24(14-9-21)45(43,44)25-15-11-23(12-16-25)41-32-30(20(3)39-41)31(22-10-17-26(35)27(36)18-22)40-29-7-5-4-6-28(29)37-34(42)33(40)38-32/h4-19,31H,1-3H3,(H,37,42). The molecule has 0 radical (unpaired) electrons. The average molecular weight is 657 g/mol. The van der Waals surface area contributed by atoms with Crippen molar-refractivity contribution in [1.82, 2.24) is 9.78 Å². The number of halogens is 2. The lowest BCUT2D eigenvalue weighted by Gasteiger charge is -2.40. The normalized spacial score (nSPS) is 15.7. The van der Waals surface area contributed by atoms with E-state index in [1.54, 1.807) is 53.2 Å². The summed E-state index contributed by atoms with van der Waals surface area (Å²) in [5, 5.41) is 8.58. The van der Waals surface area contributed by atoms with E-state index >= 15 is 0 Å². The first-order valence-electron chi connectivity index (χ1n) is 14.3. The summed E-state index contributed by atoms with van der Waals surface area (Å²) in [7, 11) is -3.74. The summed E-state index contributed by atoms with van der Waals surface area (Å²) in [4.78, 5) is 20.6. The van der Waals surface area contributed by atoms with Gasteiger partial charge in [0.25, 0.3) is 5.91 Å². The molecule has 1 unspecified atom stereocenters. The van der Waals surface area contributed by atoms with Gasteiger partial charge in [0.05, 0.1) is 48.6 Å². The van der Waals surface area contributed by atoms with Crippen LogP contribution in [0.2, 0.25) is 10.0 Å². The number of carbonyl (C=O) groups excluding carboxylic acids is 1. The van der Waals surface area contributed by atoms with Gasteiger partial charge >= 0.3 is 0 Å². The number of benzene rings is 4. The van der Waals surface area contributed by atoms with Gasteiger partial charge in [-0.2, -0.15) is 5.10 Å². The molecular weight excluding hydrogens is 629 g/mol. The lowest BCUT2D eigenvalue weighted by atomic mass is 9.93. The van der Waals surface area contributed by atoms with Crippen LogP contribution in [0.25, 0.3) is 5.69 Å². The van der Waals surface area contributed by atoms with E-state index in [-0.39, 0.29) is 21.5 Å². The summed E-state index contributed by atoms with van der Waals surface area (Å²) in [5.41, 5.74) is 5.37. The van der Waals surface area contributed by atoms with E-state index < -0.39 is 15.9 Å². The largest absolute Gasteiger partial charge is 0.317 e. The first kappa shape index (κ1) is 29.3. The van der Waals surface area contributed by atoms with E-state index in [0.717, 1.165) is 22.4 Å². The zero-order valence-corrected chi connectivity index (χ0v) is 26.8. The Balaban J connectivity index is 1.35. The van der Waals surface area contributed by atoms with Gasteiger partial charge in [0, 0.05) is 5.56 Å². The Morgan fingerprint density at radius 3 is 2.20 bits per heavy atom. The van der Waals surface area contributed by atoms with E-state index in [2.05, 4.69) is 19.2 Å². The third kappa shape index (κ3) is 4.82. The number of rotatable bonds is 5. The highest BCUT2D eigenvalue weighted by atomic mass is 35.5. The quantitative estimate of drug-likeness (QED) is 0.207. The Labute approximate surface area is 270 Å². The fourth-order valence-electron chi connectivity index (χ4n) is 5.85. The smallest absolute Gasteiger partial charge is 0.291 e. The number of nitrogens with one attached hydrogen (secondary N) is 1. The summed E-state index contributed by atoms with van der Waals surface area (Å²) >= 11 is 12.8. The van der Waals surface area contributed by atoms with Crippen molar-refractivity contribution in [2.75, 3.05) is 10.2 Å². The average Bonchev–Trinajstić information content (AvgIpc) is 3.37. The van der Waals surface area contributed by atoms with Crippen LogP contribution < -0.4 is 10.2 Å². The molecule has 3 heterocycles. The van der Waals surface area contributed by atoms with E-state index in [0.29, 0.717) is 38.8 Å². The topological polar surface area (TPSA) is 96.7 Å². The van der Waals surface area contributed by atoms with Crippen molar-refractivity contribution in [3.8, 4) is 5.69 Å². The van der Waals surface area contributed by atoms with Crippen molar-refractivity contribution in [2.45, 2.75) is 42.5 Å². The monoisotopic (exact) mass is 655 g/mol. The number of aryl methyl sites for hydroxylation is 1. The van der Waals surface area contributed by atoms with Crippen molar-refractivity contribution in [2.24, 2.45) is 4.99 Å². The molecule has 1 N–H and O–H groups in total. The van der Waals surface area contributed by atoms with Crippen LogP contribution in [0.4, 0.5) is 17.2 Å². The second-order valence-electron chi connectivity index (χ2n) is 11.3. The van der Waals surface area contributed by atoms with Crippen molar-refractivity contribution in [3.05, 3.63) is 123 Å². The number of carbonyl (C=O) groups is 1. The third-order valence-electron chi connectivity index (χ3n) is 8.18. The number of amides is 1. The highest BCUT2D eigenvalue weighted by molar-refractivity contribution is 7.91. The minimum absolute atomic E-state index is 0.163. The summed E-state index contributed by atoms with van der Waals surface area (Å²) in [6.07, 6.45) is 0. The number of amidine groups is 1. The minimum atomic E-state index is -3.74. The van der Waals surface area contributed by atoms with Crippen LogP contribution in [0.1, 0.15) is 48.2 Å². The highest BCUT2D eigenvalue weighted by Crippen LogP contribution is 2.48. The van der Waals surface area contributed by atoms with Gasteiger partial charge in [0.15, 0.2) is 5.82 Å². The maximum Gasteiger partial charge on any atom is 0.291 e. The van der Waals surface area contributed by atoms with Crippen LogP contribution in [0.15, 0.2) is 106 Å². The second-order valence-corrected chi connectivity index (χ2v) is 14.1. The van der Waals surface area contributed by atoms with E-state index in [1.165, 1.54) is 0 Å². The number of fused-ring (bicyclic) bond motifs is 4. The second kappa shape index (κ2) is 10.9. The van der Waals surface area contributed by atoms with Crippen LogP contribution >= 0.6 is 23.2 Å². The van der Waals surface area contributed by atoms with Gasteiger partial charge in [-0.3, -0.25) is 4.79 Å². The predicted molar refractivity (Wildman–Crippen MR) is 177 cm³/mol. The lowest BCUT2D eigenvalue weighted by molar-refractivity contribution is -0.110. The Bertz CT molecular complexity index is 2140. The number of aliphatic imine (C=N–C) groups is 1. The molecule has 1 atom stereocenters. The Morgan fingerprint density at radius 2 is 1.53 bits per heavy atom. The molecule has 0 saturated heterocycles. The molecule has 2 aliphatic rings. The minimum Gasteiger partial charge on any atom is -0.317 e. The maximum absolute atomic E-state index is 13.5. The number of aromatic nitrogens is 2. The van der Waals surface area contributed by atoms with Crippen molar-refractivity contribution in [3.63, 3.8) is 0 Å². The third-order valence-corrected chi connectivity index (χ3v) is 10.7. The molecule has 0 aliphatic carbocycles. The highest BCUT2D eigenvalue weighted by Gasteiger charge is 2.42. The zero-order chi connectivity index (χ0) is 31.6. The van der Waals surface area contributed by atoms with E-state index in [9.17, 15) is 13.2 Å². The van der Waals surface area contributed by atoms with E-state index in [1.807, 2.05) is 54.3 Å². The predicted octanol–water partition coefficient (Wildman–Crippen LogP) is 8.04. The molecule has 7 rings (SSSR count). The lowest BCUT2D eigenvalue weighted by Crippen LogP contribution is -2.48. The van der Waals surface area contributed by atoms with Crippen molar-refractivity contribution < 1.29 is 13.2 Å². The maximum atomic E-state index is 13.5. The molecule has 0 fully saturated rings. The molecule has 0 bridgehead atoms. The van der Waals surface area contributed by atoms with Crippen LogP contribution in [0.3, 0.4) is 0 Å². The molecule has 2 aliphatic heterocycles. The molecular formula is C34H27Cl2N5O3S. The van der Waals surface area contributed by atoms with Crippen molar-refractivity contribution in [1.29, 1.82) is 0 Å². The summed E-state index contributed by atoms with van der Waals surface area (Å²) in [6, 6.07) is 25.9. The summed E-state index contributed by atoms with van der Waals surface area (Å²) < 4.78 is 28.5. The summed E-state index contributed by atoms with van der Waals surface area (Å²) in [6.45, 7) is 6.01. The number of hydrogen-bond acceptors (Lipinski definition) is 6. The van der Waals surface area contributed by atoms with Gasteiger partial charge in [0.1, 0.15) is 0 Å². The Morgan fingerprint density at radius 1 is 0.867 bits per heavy atom. The molecule has 45 heavy (non-hydrogen) atoms. The zero-order valence-electron chi connectivity index (χ0n) is 24.5. The molecule has 8 nitrogen and oxygen atoms in total. The fraction of sp³-hybridized carbons (Fsp3) is 0.147. The van der Waals surface area contributed by atoms with Crippen LogP contribution in [0, 0.1) is 6.92 Å². The fourth-order valence-corrected chi connectivity index (χ4v) is 7.42. The van der Waals surface area contributed by atoms with Crippen LogP contribution in [0.5, 0.6) is 0 Å². The first-order valence-corrected chi connectivity index (χ1v) is 16.6. The number of para-hydroxylation sites is 2. The number of nitrogens with zero attached hydrogens (tertiary/aromatic N) is 4. The van der Waals surface area contributed by atoms with E-state index in [4.69, 9.17) is 33.3 Å². The Hall–Kier alpha value is -4.44. The Kier molecular flexibility index (Phi) is 7.07. The molecule has 0 spiro atoms. The number of anilines is 2. The van der Waals surface area contributed by atoms with Crippen LogP contribution in [-0.4, -0.2) is 29.9 Å². The van der Waals surface area contributed by atoms with Gasteiger partial charge in [-0.25, -0.2) is 18.1 Å².